The third-order valence-corrected chi connectivity index (χ3v) is 0. The van der Waals surface area contributed by atoms with Crippen LogP contribution in [0.2, 0.25) is 0 Å². The van der Waals surface area contributed by atoms with Gasteiger partial charge in [0.05, 0.1) is 0 Å². The fourth-order valence-corrected chi connectivity index (χ4v) is 0. The second kappa shape index (κ2) is 37.4. The summed E-state index contributed by atoms with van der Waals surface area (Å²) in [5, 5.41) is 13.9. The topological polar surface area (TPSA) is 167 Å². The quantitative estimate of drug-likeness (QED) is 0.124. The molecule has 0 bridgehead atoms. The molecule has 15 heteroatoms. The Kier molecular flexibility index (Phi) is 134. The van der Waals surface area contributed by atoms with Crippen molar-refractivity contribution in [1.29, 1.82) is 0 Å². The normalized spacial score (nSPS) is 5.19. The van der Waals surface area contributed by atoms with E-state index in [1.54, 1.807) is 0 Å². The standard InChI is InChI=1S/CH2O3.Ba.Ca.Ce.FH.La.H3O4P.H2O.Sr.6H/c2-1(3)4;;;;;;1-5(2,3)4;;;;;;;;/h(H2,2,3,4);;;;1H;;(H3,1,2,3,4);1H2;;;;;;;. The summed E-state index contributed by atoms with van der Waals surface area (Å²) < 4.78 is 8.88. The number of rotatable bonds is 0. The molecular formula is CH14BaCaCeFLaO8PSr. The summed E-state index contributed by atoms with van der Waals surface area (Å²) in [4.78, 5) is 30.1. The number of carboxylic acid groups (broad SMARTS) is 2. The second-order valence-electron chi connectivity index (χ2n) is 0.796. The summed E-state index contributed by atoms with van der Waals surface area (Å²) in [5.74, 6) is 0. The average molecular weight is 748 g/mol. The zero-order chi connectivity index (χ0) is 8.08. The summed E-state index contributed by atoms with van der Waals surface area (Å²) in [7, 11) is -4.64. The first-order valence-electron chi connectivity index (χ1n) is 1.43. The third kappa shape index (κ3) is 195. The molecule has 0 amide bonds. The zero-order valence-corrected chi connectivity index (χ0v) is 13.6. The van der Waals surface area contributed by atoms with Gasteiger partial charge in [0, 0.05) is 77.3 Å². The van der Waals surface area contributed by atoms with E-state index in [1.807, 2.05) is 0 Å². The minimum atomic E-state index is -4.64. The van der Waals surface area contributed by atoms with Gasteiger partial charge in [0.1, 0.15) is 0 Å². The van der Waals surface area contributed by atoms with Gasteiger partial charge in [-0.1, -0.05) is 0 Å². The van der Waals surface area contributed by atoms with Crippen LogP contribution in [-0.2, 0) is 4.57 Å². The van der Waals surface area contributed by atoms with Crippen LogP contribution in [-0.4, -0.2) is 169 Å². The van der Waals surface area contributed by atoms with Crippen molar-refractivity contribution < 1.29 is 122 Å². The molecule has 0 spiro atoms. The molecule has 0 aliphatic carbocycles. The van der Waals surface area contributed by atoms with E-state index in [1.165, 1.54) is 0 Å². The SMILES string of the molecule is F.O.O=C(O)O.O=P(O)(O)O.[BaH2].[CaH2].[Ce].[La].[SrH2]. The van der Waals surface area contributed by atoms with Crippen molar-refractivity contribution in [3.8, 4) is 0 Å². The molecule has 0 aliphatic rings. The summed E-state index contributed by atoms with van der Waals surface area (Å²) in [6.45, 7) is 0. The molecule has 0 fully saturated rings. The number of phosphoric acid groups is 1. The Balaban J connectivity index is -0.00000000614. The zero-order valence-electron chi connectivity index (χ0n) is 5.99. The second-order valence-corrected chi connectivity index (χ2v) is 1.82. The summed E-state index contributed by atoms with van der Waals surface area (Å²) in [6, 6.07) is 0. The molecule has 7 N–H and O–H groups in total. The van der Waals surface area contributed by atoms with Crippen LogP contribution < -0.4 is 0 Å². The van der Waals surface area contributed by atoms with Crippen molar-refractivity contribution in [2.45, 2.75) is 0 Å². The van der Waals surface area contributed by atoms with Crippen LogP contribution in [0.1, 0.15) is 0 Å². The van der Waals surface area contributed by atoms with Crippen molar-refractivity contribution in [1.82, 2.24) is 0 Å². The predicted octanol–water partition coefficient (Wildman–Crippen LogP) is -4.13. The third-order valence-electron chi connectivity index (χ3n) is 0. The maximum absolute atomic E-state index is 8.88. The fraction of sp³-hybridized carbons (Fsp3) is 0. The average Bonchev–Trinajstić information content (AvgIpc) is 1.19. The van der Waals surface area contributed by atoms with Crippen LogP contribution in [0.5, 0.6) is 0 Å². The van der Waals surface area contributed by atoms with E-state index in [-0.39, 0.29) is 220 Å². The van der Waals surface area contributed by atoms with Gasteiger partial charge in [-0.15, -0.1) is 0 Å². The van der Waals surface area contributed by atoms with Crippen LogP contribution in [0.4, 0.5) is 9.50 Å². The first-order valence-corrected chi connectivity index (χ1v) is 3.00. The Hall–Kier alpha value is 6.15. The molecule has 0 saturated heterocycles. The summed E-state index contributed by atoms with van der Waals surface area (Å²) in [6.07, 6.45) is -1.83. The molecule has 0 aromatic carbocycles. The van der Waals surface area contributed by atoms with Crippen molar-refractivity contribution in [2.24, 2.45) is 0 Å². The number of hydrogen-bond donors (Lipinski definition) is 5. The van der Waals surface area contributed by atoms with Gasteiger partial charge in [-0.25, -0.2) is 9.36 Å². The van der Waals surface area contributed by atoms with E-state index >= 15 is 0 Å². The van der Waals surface area contributed by atoms with Crippen molar-refractivity contribution in [3.05, 3.63) is 0 Å². The van der Waals surface area contributed by atoms with Crippen molar-refractivity contribution in [3.63, 3.8) is 0 Å². The van der Waals surface area contributed by atoms with Crippen LogP contribution in [0.15, 0.2) is 0 Å². The Morgan fingerprint density at radius 3 is 1.06 bits per heavy atom. The minimum absolute atomic E-state index is 0. The van der Waals surface area contributed by atoms with Gasteiger partial charge in [-0.2, -0.15) is 0 Å². The van der Waals surface area contributed by atoms with E-state index in [9.17, 15) is 0 Å². The molecule has 1 radical (unpaired) electrons. The molecule has 16 heavy (non-hydrogen) atoms. The van der Waals surface area contributed by atoms with E-state index in [0.29, 0.717) is 0 Å². The van der Waals surface area contributed by atoms with Crippen LogP contribution >= 0.6 is 7.82 Å². The Labute approximate surface area is 260 Å². The molecular weight excluding hydrogens is 734 g/mol. The van der Waals surface area contributed by atoms with Crippen molar-refractivity contribution in [2.75, 3.05) is 0 Å². The van der Waals surface area contributed by atoms with Gasteiger partial charge in [0.15, 0.2) is 0 Å². The molecule has 0 aromatic rings. The fourth-order valence-electron chi connectivity index (χ4n) is 0. The molecule has 0 aliphatic heterocycles. The van der Waals surface area contributed by atoms with Gasteiger partial charge in [-0.3, -0.25) is 4.70 Å². The van der Waals surface area contributed by atoms with Crippen LogP contribution in [0.3, 0.4) is 0 Å². The van der Waals surface area contributed by atoms with E-state index in [2.05, 4.69) is 0 Å². The van der Waals surface area contributed by atoms with E-state index < -0.39 is 14.0 Å². The van der Waals surface area contributed by atoms with Gasteiger partial charge >= 0.3 is 146 Å². The Morgan fingerprint density at radius 2 is 1.06 bits per heavy atom. The number of halogens is 1. The molecule has 8 nitrogen and oxygen atoms in total. The molecule has 91 valence electrons. The Bertz CT molecular complexity index is 140. The monoisotopic (exact) mass is 749 g/mol. The molecule has 0 rings (SSSR count). The Morgan fingerprint density at radius 1 is 1.06 bits per heavy atom. The van der Waals surface area contributed by atoms with Crippen molar-refractivity contribution >= 4 is 146 Å². The predicted molar refractivity (Wildman–Crippen MR) is 56.7 cm³/mol. The molecule has 0 atom stereocenters. The maximum atomic E-state index is 8.88. The first kappa shape index (κ1) is 57.3. The first-order chi connectivity index (χ1) is 3.73. The number of hydrogen-bond acceptors (Lipinski definition) is 2. The summed E-state index contributed by atoms with van der Waals surface area (Å²) in [5.41, 5.74) is 0. The molecule has 0 heterocycles. The van der Waals surface area contributed by atoms with Gasteiger partial charge in [0.25, 0.3) is 0 Å². The van der Waals surface area contributed by atoms with E-state index in [0.717, 1.165) is 0 Å². The molecule has 0 aromatic heterocycles. The van der Waals surface area contributed by atoms with Gasteiger partial charge in [0.2, 0.25) is 0 Å². The van der Waals surface area contributed by atoms with Gasteiger partial charge in [-0.05, 0) is 0 Å². The molecule has 0 saturated carbocycles. The van der Waals surface area contributed by atoms with Crippen LogP contribution in [0, 0.1) is 77.3 Å². The van der Waals surface area contributed by atoms with E-state index in [4.69, 9.17) is 34.3 Å². The van der Waals surface area contributed by atoms with Crippen LogP contribution in [0.25, 0.3) is 0 Å². The van der Waals surface area contributed by atoms with Gasteiger partial charge < -0.3 is 30.4 Å². The summed E-state index contributed by atoms with van der Waals surface area (Å²) >= 11 is 0. The molecule has 0 unspecified atom stereocenters. The number of carbonyl (C=O) groups is 1.